The van der Waals surface area contributed by atoms with Crippen LogP contribution in [0.3, 0.4) is 0 Å². The number of ether oxygens (including phenoxy) is 2. The Morgan fingerprint density at radius 2 is 2.05 bits per heavy atom. The van der Waals surface area contributed by atoms with Crippen LogP contribution < -0.4 is 9.47 Å². The lowest BCUT2D eigenvalue weighted by Gasteiger charge is -2.64. The lowest BCUT2D eigenvalue weighted by Crippen LogP contribution is -2.78. The minimum Gasteiger partial charge on any atom is -0.483 e. The van der Waals surface area contributed by atoms with E-state index in [1.807, 2.05) is 19.1 Å². The standard InChI is InChI=1S/C33H35F3N2O5/c1-4-16-37-17-15-31-28-22-10-11-25(42-20(3)39)29(28)43-30(31)24(13-14-32(31,41)26(37)19-22)38(5-2)27(40)12-9-21-7-6-8-23(18-21)33(34,35)36/h4,6-12,18,24,26,30,41H,1,5,13-17,19H2,2-3H3/t24-,26-,30+,31+,32-/m1/s1. The highest BCUT2D eigenvalue weighted by Crippen LogP contribution is 2.66. The number of rotatable bonds is 7. The van der Waals surface area contributed by atoms with Crippen molar-refractivity contribution in [2.75, 3.05) is 19.6 Å². The van der Waals surface area contributed by atoms with Crippen LogP contribution in [0.5, 0.6) is 11.5 Å². The maximum atomic E-state index is 13.7. The van der Waals surface area contributed by atoms with Gasteiger partial charge in [-0.2, -0.15) is 13.2 Å². The fraction of sp³-hybridized carbons (Fsp3) is 0.455. The van der Waals surface area contributed by atoms with Crippen molar-refractivity contribution in [2.24, 2.45) is 0 Å². The first-order valence-electron chi connectivity index (χ1n) is 14.7. The molecule has 1 saturated heterocycles. The van der Waals surface area contributed by atoms with Crippen molar-refractivity contribution in [1.29, 1.82) is 0 Å². The van der Waals surface area contributed by atoms with Crippen LogP contribution in [0.25, 0.3) is 6.08 Å². The first-order chi connectivity index (χ1) is 20.4. The zero-order chi connectivity index (χ0) is 30.7. The molecule has 2 bridgehead atoms. The smallest absolute Gasteiger partial charge is 0.416 e. The molecule has 6 rings (SSSR count). The second kappa shape index (κ2) is 10.5. The normalized spacial score (nSPS) is 29.1. The van der Waals surface area contributed by atoms with Crippen LogP contribution in [0, 0.1) is 0 Å². The van der Waals surface area contributed by atoms with Crippen LogP contribution in [0.4, 0.5) is 13.2 Å². The minimum atomic E-state index is -4.49. The summed E-state index contributed by atoms with van der Waals surface area (Å²) in [4.78, 5) is 29.6. The number of esters is 1. The molecule has 1 amide bonds. The van der Waals surface area contributed by atoms with Crippen molar-refractivity contribution in [3.05, 3.63) is 77.4 Å². The average Bonchev–Trinajstić information content (AvgIpc) is 3.31. The Morgan fingerprint density at radius 1 is 1.26 bits per heavy atom. The topological polar surface area (TPSA) is 79.3 Å². The Hall–Kier alpha value is -3.63. The number of aliphatic hydroxyl groups is 1. The van der Waals surface area contributed by atoms with E-state index in [4.69, 9.17) is 9.47 Å². The van der Waals surface area contributed by atoms with Crippen molar-refractivity contribution >= 4 is 18.0 Å². The van der Waals surface area contributed by atoms with E-state index in [1.165, 1.54) is 31.2 Å². The van der Waals surface area contributed by atoms with Gasteiger partial charge in [-0.15, -0.1) is 6.58 Å². The third-order valence-corrected chi connectivity index (χ3v) is 9.80. The summed E-state index contributed by atoms with van der Waals surface area (Å²) >= 11 is 0. The first kappa shape index (κ1) is 29.4. The lowest BCUT2D eigenvalue weighted by atomic mass is 9.48. The van der Waals surface area contributed by atoms with E-state index in [-0.39, 0.29) is 17.5 Å². The van der Waals surface area contributed by atoms with E-state index in [1.54, 1.807) is 11.0 Å². The summed E-state index contributed by atoms with van der Waals surface area (Å²) in [5.41, 5.74) is -0.626. The number of hydrogen-bond donors (Lipinski definition) is 1. The second-order valence-corrected chi connectivity index (χ2v) is 11.9. The molecule has 2 aromatic carbocycles. The van der Waals surface area contributed by atoms with E-state index < -0.39 is 40.9 Å². The van der Waals surface area contributed by atoms with Gasteiger partial charge in [0.1, 0.15) is 6.10 Å². The molecule has 0 unspecified atom stereocenters. The largest absolute Gasteiger partial charge is 0.483 e. The molecular weight excluding hydrogens is 561 g/mol. The quantitative estimate of drug-likeness (QED) is 0.212. The molecule has 2 heterocycles. The van der Waals surface area contributed by atoms with Crippen LogP contribution in [0.15, 0.2) is 55.1 Å². The van der Waals surface area contributed by atoms with Crippen LogP contribution in [-0.2, 0) is 27.6 Å². The molecule has 2 aromatic rings. The SMILES string of the molecule is C=CCN1CC[C@]23c4c5ccc(OC(C)=O)c4O[C@H]2[C@H](N(CC)C(=O)C=Cc2cccc(C(F)(F)F)c2)CC[C@@]3(O)[C@H]1C5. The van der Waals surface area contributed by atoms with Gasteiger partial charge in [-0.3, -0.25) is 14.5 Å². The van der Waals surface area contributed by atoms with E-state index in [0.717, 1.165) is 23.3 Å². The Balaban J connectivity index is 1.39. The van der Waals surface area contributed by atoms with Crippen LogP contribution in [-0.4, -0.2) is 70.2 Å². The molecule has 5 atom stereocenters. The lowest BCUT2D eigenvalue weighted by molar-refractivity contribution is -0.199. The second-order valence-electron chi connectivity index (χ2n) is 11.9. The molecule has 2 fully saturated rings. The number of halogens is 3. The summed E-state index contributed by atoms with van der Waals surface area (Å²) in [6, 6.07) is 7.89. The van der Waals surface area contributed by atoms with Gasteiger partial charge < -0.3 is 19.5 Å². The van der Waals surface area contributed by atoms with Gasteiger partial charge in [-0.1, -0.05) is 24.3 Å². The minimum absolute atomic E-state index is 0.184. The number of hydrogen-bond acceptors (Lipinski definition) is 6. The molecule has 1 N–H and O–H groups in total. The van der Waals surface area contributed by atoms with Crippen LogP contribution in [0.1, 0.15) is 55.4 Å². The molecule has 43 heavy (non-hydrogen) atoms. The summed E-state index contributed by atoms with van der Waals surface area (Å²) in [7, 11) is 0. The highest BCUT2D eigenvalue weighted by molar-refractivity contribution is 5.92. The maximum absolute atomic E-state index is 13.7. The molecule has 2 aliphatic heterocycles. The predicted molar refractivity (Wildman–Crippen MR) is 154 cm³/mol. The van der Waals surface area contributed by atoms with Gasteiger partial charge in [-0.25, -0.2) is 0 Å². The number of nitrogens with zero attached hydrogens (tertiary/aromatic N) is 2. The molecule has 10 heteroatoms. The Bertz CT molecular complexity index is 1510. The average molecular weight is 597 g/mol. The monoisotopic (exact) mass is 596 g/mol. The third kappa shape index (κ3) is 4.49. The van der Waals surface area contributed by atoms with Crippen molar-refractivity contribution in [3.63, 3.8) is 0 Å². The van der Waals surface area contributed by atoms with E-state index >= 15 is 0 Å². The fourth-order valence-corrected chi connectivity index (χ4v) is 8.17. The summed E-state index contributed by atoms with van der Waals surface area (Å²) < 4.78 is 51.9. The molecule has 0 radical (unpaired) electrons. The first-order valence-corrected chi connectivity index (χ1v) is 14.7. The number of likely N-dealkylation sites (N-methyl/N-ethyl adjacent to an activating group) is 1. The van der Waals surface area contributed by atoms with Crippen molar-refractivity contribution in [1.82, 2.24) is 9.80 Å². The summed E-state index contributed by atoms with van der Waals surface area (Å²) in [6.07, 6.45) is 1.49. The maximum Gasteiger partial charge on any atom is 0.416 e. The highest BCUT2D eigenvalue weighted by Gasteiger charge is 2.73. The van der Waals surface area contributed by atoms with Gasteiger partial charge in [0.15, 0.2) is 11.5 Å². The molecule has 228 valence electrons. The van der Waals surface area contributed by atoms with Crippen LogP contribution >= 0.6 is 0 Å². The third-order valence-electron chi connectivity index (χ3n) is 9.80. The van der Waals surface area contributed by atoms with Gasteiger partial charge in [0.05, 0.1) is 22.6 Å². The van der Waals surface area contributed by atoms with Gasteiger partial charge in [-0.05, 0) is 74.6 Å². The molecule has 1 spiro atoms. The molecule has 0 aromatic heterocycles. The molecule has 4 aliphatic rings. The number of carbonyl (C=O) groups excluding carboxylic acids is 2. The number of piperidine rings is 1. The number of likely N-dealkylation sites (tertiary alicyclic amines) is 1. The van der Waals surface area contributed by atoms with E-state index in [0.29, 0.717) is 56.8 Å². The molecule has 2 aliphatic carbocycles. The summed E-state index contributed by atoms with van der Waals surface area (Å²) in [5, 5.41) is 12.7. The Labute approximate surface area is 248 Å². The Morgan fingerprint density at radius 3 is 2.74 bits per heavy atom. The molecule has 7 nitrogen and oxygen atoms in total. The van der Waals surface area contributed by atoms with Crippen molar-refractivity contribution in [2.45, 2.75) is 74.9 Å². The van der Waals surface area contributed by atoms with E-state index in [9.17, 15) is 27.9 Å². The predicted octanol–water partition coefficient (Wildman–Crippen LogP) is 4.90. The molecule has 1 saturated carbocycles. The molecular formula is C33H35F3N2O5. The highest BCUT2D eigenvalue weighted by atomic mass is 19.4. The van der Waals surface area contributed by atoms with Gasteiger partial charge >= 0.3 is 12.1 Å². The summed E-state index contributed by atoms with van der Waals surface area (Å²) in [5.74, 6) is -0.106. The zero-order valence-electron chi connectivity index (χ0n) is 24.2. The van der Waals surface area contributed by atoms with Gasteiger partial charge in [0.25, 0.3) is 0 Å². The number of carbonyl (C=O) groups is 2. The van der Waals surface area contributed by atoms with Gasteiger partial charge in [0, 0.05) is 37.7 Å². The fourth-order valence-electron chi connectivity index (χ4n) is 8.17. The number of amides is 1. The summed E-state index contributed by atoms with van der Waals surface area (Å²) in [6.45, 7) is 8.74. The zero-order valence-corrected chi connectivity index (χ0v) is 24.2. The van der Waals surface area contributed by atoms with Gasteiger partial charge in [0.2, 0.25) is 5.91 Å². The number of benzene rings is 2. The van der Waals surface area contributed by atoms with Crippen LogP contribution in [0.2, 0.25) is 0 Å². The number of alkyl halides is 3. The van der Waals surface area contributed by atoms with Crippen molar-refractivity contribution < 1.29 is 37.3 Å². The van der Waals surface area contributed by atoms with Crippen molar-refractivity contribution in [3.8, 4) is 11.5 Å². The Kier molecular flexibility index (Phi) is 7.20. The van der Waals surface area contributed by atoms with E-state index in [2.05, 4.69) is 11.5 Å².